The number of carboxylic acid groups (broad SMARTS) is 1. The summed E-state index contributed by atoms with van der Waals surface area (Å²) in [5.74, 6) is -1.32. The van der Waals surface area contributed by atoms with Gasteiger partial charge in [0.05, 0.1) is 35.1 Å². The van der Waals surface area contributed by atoms with Crippen LogP contribution in [0.1, 0.15) is 10.4 Å². The molecule has 2 N–H and O–H groups in total. The molecule has 9 heteroatoms. The summed E-state index contributed by atoms with van der Waals surface area (Å²) in [5.41, 5.74) is 0.262. The van der Waals surface area contributed by atoms with Crippen molar-refractivity contribution in [2.45, 2.75) is 4.90 Å². The normalized spacial score (nSPS) is 10.1. The fourth-order valence-corrected chi connectivity index (χ4v) is 2.84. The first-order valence-corrected chi connectivity index (χ1v) is 7.98. The number of benzene rings is 2. The monoisotopic (exact) mass is 362 g/mol. The van der Waals surface area contributed by atoms with Crippen LogP contribution in [0.15, 0.2) is 47.4 Å². The molecule has 0 bridgehead atoms. The number of anilines is 1. The Hall–Kier alpha value is -3.07. The summed E-state index contributed by atoms with van der Waals surface area (Å²) in [6.45, 7) is 0. The molecule has 2 aromatic carbocycles. The van der Waals surface area contributed by atoms with E-state index in [2.05, 4.69) is 5.32 Å². The number of nitrogens with zero attached hydrogens (tertiary/aromatic N) is 1. The summed E-state index contributed by atoms with van der Waals surface area (Å²) >= 11 is 1.08. The quantitative estimate of drug-likeness (QED) is 0.441. The van der Waals surface area contributed by atoms with Crippen LogP contribution in [0.4, 0.5) is 11.4 Å². The average molecular weight is 362 g/mol. The van der Waals surface area contributed by atoms with Crippen LogP contribution in [0.2, 0.25) is 0 Å². The van der Waals surface area contributed by atoms with E-state index in [-0.39, 0.29) is 22.8 Å². The number of non-ortho nitro benzene ring substituents is 1. The number of nitrogens with one attached hydrogen (secondary N) is 1. The van der Waals surface area contributed by atoms with Gasteiger partial charge in [0.25, 0.3) is 5.69 Å². The lowest BCUT2D eigenvalue weighted by Crippen LogP contribution is -2.15. The van der Waals surface area contributed by atoms with Gasteiger partial charge >= 0.3 is 5.97 Å². The number of carbonyl (C=O) groups is 2. The first-order valence-electron chi connectivity index (χ1n) is 6.99. The molecule has 0 unspecified atom stereocenters. The highest BCUT2D eigenvalue weighted by Gasteiger charge is 2.15. The van der Waals surface area contributed by atoms with Gasteiger partial charge < -0.3 is 15.2 Å². The van der Waals surface area contributed by atoms with Crippen molar-refractivity contribution in [1.29, 1.82) is 0 Å². The van der Waals surface area contributed by atoms with E-state index in [0.717, 1.165) is 11.8 Å². The highest BCUT2D eigenvalue weighted by Crippen LogP contribution is 2.29. The molecule has 0 atom stereocenters. The first-order chi connectivity index (χ1) is 11.9. The molecule has 0 aliphatic carbocycles. The number of nitro groups is 1. The van der Waals surface area contributed by atoms with Gasteiger partial charge in [-0.25, -0.2) is 4.79 Å². The Kier molecular flexibility index (Phi) is 5.96. The minimum atomic E-state index is -1.07. The predicted molar refractivity (Wildman–Crippen MR) is 92.4 cm³/mol. The molecule has 2 aromatic rings. The Morgan fingerprint density at radius 2 is 2.00 bits per heavy atom. The van der Waals surface area contributed by atoms with E-state index in [9.17, 15) is 19.7 Å². The molecule has 0 aliphatic rings. The van der Waals surface area contributed by atoms with E-state index in [1.807, 2.05) is 0 Å². The van der Waals surface area contributed by atoms with E-state index in [1.54, 1.807) is 18.2 Å². The van der Waals surface area contributed by atoms with Gasteiger partial charge in [0.1, 0.15) is 5.75 Å². The van der Waals surface area contributed by atoms with Crippen molar-refractivity contribution in [3.8, 4) is 5.75 Å². The molecule has 130 valence electrons. The zero-order valence-electron chi connectivity index (χ0n) is 13.1. The van der Waals surface area contributed by atoms with Crippen LogP contribution in [0.5, 0.6) is 5.75 Å². The third-order valence-corrected chi connectivity index (χ3v) is 4.22. The Balaban J connectivity index is 2.06. The maximum atomic E-state index is 12.1. The van der Waals surface area contributed by atoms with Crippen molar-refractivity contribution in [3.05, 3.63) is 58.1 Å². The number of rotatable bonds is 7. The maximum Gasteiger partial charge on any atom is 0.336 e. The SMILES string of the molecule is COc1cc([N+](=O)[O-])ccc1NC(=O)CSc1ccccc1C(=O)O. The fourth-order valence-electron chi connectivity index (χ4n) is 2.00. The maximum absolute atomic E-state index is 12.1. The highest BCUT2D eigenvalue weighted by atomic mass is 32.2. The van der Waals surface area contributed by atoms with Gasteiger partial charge in [-0.2, -0.15) is 0 Å². The molecule has 0 saturated heterocycles. The summed E-state index contributed by atoms with van der Waals surface area (Å²) in [5, 5.41) is 22.5. The molecular formula is C16H14N2O6S. The van der Waals surface area contributed by atoms with Crippen LogP contribution < -0.4 is 10.1 Å². The number of hydrogen-bond acceptors (Lipinski definition) is 6. The number of hydrogen-bond donors (Lipinski definition) is 2. The van der Waals surface area contributed by atoms with Crippen LogP contribution >= 0.6 is 11.8 Å². The second-order valence-corrected chi connectivity index (χ2v) is 5.80. The Morgan fingerprint density at radius 1 is 1.28 bits per heavy atom. The van der Waals surface area contributed by atoms with E-state index < -0.39 is 16.8 Å². The third kappa shape index (κ3) is 4.70. The molecular weight excluding hydrogens is 348 g/mol. The van der Waals surface area contributed by atoms with Crippen molar-refractivity contribution in [1.82, 2.24) is 0 Å². The molecule has 2 rings (SSSR count). The molecule has 0 aromatic heterocycles. The number of carboxylic acids is 1. The zero-order valence-corrected chi connectivity index (χ0v) is 13.9. The summed E-state index contributed by atoms with van der Waals surface area (Å²) in [6.07, 6.45) is 0. The lowest BCUT2D eigenvalue weighted by atomic mass is 10.2. The van der Waals surface area contributed by atoms with Crippen molar-refractivity contribution in [2.75, 3.05) is 18.2 Å². The minimum absolute atomic E-state index is 0.0234. The number of amides is 1. The van der Waals surface area contributed by atoms with E-state index in [1.165, 1.54) is 31.4 Å². The summed E-state index contributed by atoms with van der Waals surface area (Å²) < 4.78 is 5.05. The summed E-state index contributed by atoms with van der Waals surface area (Å²) in [6, 6.07) is 10.2. The van der Waals surface area contributed by atoms with Crippen molar-refractivity contribution in [3.63, 3.8) is 0 Å². The van der Waals surface area contributed by atoms with Gasteiger partial charge in [0, 0.05) is 11.0 Å². The molecule has 0 radical (unpaired) electrons. The third-order valence-electron chi connectivity index (χ3n) is 3.15. The van der Waals surface area contributed by atoms with Crippen molar-refractivity contribution >= 4 is 35.0 Å². The summed E-state index contributed by atoms with van der Waals surface area (Å²) in [7, 11) is 1.34. The lowest BCUT2D eigenvalue weighted by Gasteiger charge is -2.10. The topological polar surface area (TPSA) is 119 Å². The molecule has 25 heavy (non-hydrogen) atoms. The molecule has 0 spiro atoms. The first kappa shape index (κ1) is 18.3. The van der Waals surface area contributed by atoms with Gasteiger partial charge in [-0.1, -0.05) is 12.1 Å². The standard InChI is InChI=1S/C16H14N2O6S/c1-24-13-8-10(18(22)23)6-7-12(13)17-15(19)9-25-14-5-3-2-4-11(14)16(20)21/h2-8H,9H2,1H3,(H,17,19)(H,20,21). The van der Waals surface area contributed by atoms with Gasteiger partial charge in [-0.3, -0.25) is 14.9 Å². The van der Waals surface area contributed by atoms with Crippen molar-refractivity contribution in [2.24, 2.45) is 0 Å². The Morgan fingerprint density at radius 3 is 2.64 bits per heavy atom. The van der Waals surface area contributed by atoms with Crippen LogP contribution in [0.25, 0.3) is 0 Å². The lowest BCUT2D eigenvalue weighted by molar-refractivity contribution is -0.384. The molecule has 1 amide bonds. The van der Waals surface area contributed by atoms with Crippen LogP contribution in [-0.2, 0) is 4.79 Å². The highest BCUT2D eigenvalue weighted by molar-refractivity contribution is 8.00. The predicted octanol–water partition coefficient (Wildman–Crippen LogP) is 3.03. The van der Waals surface area contributed by atoms with Crippen LogP contribution in [-0.4, -0.2) is 34.8 Å². The molecule has 0 heterocycles. The molecule has 0 fully saturated rings. The van der Waals surface area contributed by atoms with Crippen LogP contribution in [0.3, 0.4) is 0 Å². The number of thioether (sulfide) groups is 1. The molecule has 8 nitrogen and oxygen atoms in total. The van der Waals surface area contributed by atoms with Gasteiger partial charge in [0.15, 0.2) is 0 Å². The number of ether oxygens (including phenoxy) is 1. The average Bonchev–Trinajstić information content (AvgIpc) is 2.60. The van der Waals surface area contributed by atoms with E-state index in [0.29, 0.717) is 10.6 Å². The Labute approximate surface area is 147 Å². The minimum Gasteiger partial charge on any atom is -0.494 e. The fraction of sp³-hybridized carbons (Fsp3) is 0.125. The number of carbonyl (C=O) groups excluding carboxylic acids is 1. The molecule has 0 saturated carbocycles. The summed E-state index contributed by atoms with van der Waals surface area (Å²) in [4.78, 5) is 33.9. The van der Waals surface area contributed by atoms with E-state index >= 15 is 0 Å². The Bertz CT molecular complexity index is 824. The second kappa shape index (κ2) is 8.15. The number of aromatic carboxylic acids is 1. The number of methoxy groups -OCH3 is 1. The second-order valence-electron chi connectivity index (χ2n) is 4.78. The molecule has 0 aliphatic heterocycles. The largest absolute Gasteiger partial charge is 0.494 e. The van der Waals surface area contributed by atoms with Gasteiger partial charge in [-0.15, -0.1) is 11.8 Å². The van der Waals surface area contributed by atoms with Gasteiger partial charge in [-0.05, 0) is 18.2 Å². The number of nitro benzene ring substituents is 1. The smallest absolute Gasteiger partial charge is 0.336 e. The van der Waals surface area contributed by atoms with Gasteiger partial charge in [0.2, 0.25) is 5.91 Å². The zero-order chi connectivity index (χ0) is 18.4. The van der Waals surface area contributed by atoms with Crippen LogP contribution in [0, 0.1) is 10.1 Å². The van der Waals surface area contributed by atoms with E-state index in [4.69, 9.17) is 9.84 Å². The van der Waals surface area contributed by atoms with Crippen molar-refractivity contribution < 1.29 is 24.4 Å².